The third-order valence-electron chi connectivity index (χ3n) is 2.57. The zero-order valence-corrected chi connectivity index (χ0v) is 10.7. The van der Waals surface area contributed by atoms with Gasteiger partial charge in [0.2, 0.25) is 5.91 Å². The standard InChI is InChI=1S/C14H13ClN2O/c1-10(18)17-14(12-3-2-8-16-9-12)11-4-6-13(15)7-5-11/h2-9,14H,1H3,(H,17,18). The van der Waals surface area contributed by atoms with E-state index in [1.807, 2.05) is 36.4 Å². The number of rotatable bonds is 3. The summed E-state index contributed by atoms with van der Waals surface area (Å²) in [5, 5.41) is 3.58. The Hall–Kier alpha value is -1.87. The molecular weight excluding hydrogens is 248 g/mol. The fourth-order valence-corrected chi connectivity index (χ4v) is 1.89. The van der Waals surface area contributed by atoms with Gasteiger partial charge < -0.3 is 5.32 Å². The van der Waals surface area contributed by atoms with E-state index >= 15 is 0 Å². The number of hydrogen-bond acceptors (Lipinski definition) is 2. The Balaban J connectivity index is 2.36. The quantitative estimate of drug-likeness (QED) is 0.922. The summed E-state index contributed by atoms with van der Waals surface area (Å²) in [6.07, 6.45) is 3.45. The zero-order valence-electron chi connectivity index (χ0n) is 9.93. The van der Waals surface area contributed by atoms with Crippen LogP contribution in [0.1, 0.15) is 24.1 Å². The first-order valence-corrected chi connectivity index (χ1v) is 5.97. The average Bonchev–Trinajstić information content (AvgIpc) is 2.38. The van der Waals surface area contributed by atoms with Crippen molar-refractivity contribution < 1.29 is 4.79 Å². The van der Waals surface area contributed by atoms with Gasteiger partial charge in [-0.1, -0.05) is 29.8 Å². The maximum absolute atomic E-state index is 11.3. The fourth-order valence-electron chi connectivity index (χ4n) is 1.76. The summed E-state index contributed by atoms with van der Waals surface area (Å²) in [5.41, 5.74) is 1.91. The summed E-state index contributed by atoms with van der Waals surface area (Å²) < 4.78 is 0. The molecule has 1 amide bonds. The molecule has 2 rings (SSSR count). The van der Waals surface area contributed by atoms with Crippen LogP contribution in [-0.4, -0.2) is 10.9 Å². The second-order valence-electron chi connectivity index (χ2n) is 3.97. The van der Waals surface area contributed by atoms with E-state index in [0.29, 0.717) is 5.02 Å². The highest BCUT2D eigenvalue weighted by atomic mass is 35.5. The highest BCUT2D eigenvalue weighted by Gasteiger charge is 2.14. The Labute approximate surface area is 111 Å². The van der Waals surface area contributed by atoms with Crippen molar-refractivity contribution in [2.75, 3.05) is 0 Å². The van der Waals surface area contributed by atoms with Crippen molar-refractivity contribution in [1.82, 2.24) is 10.3 Å². The second kappa shape index (κ2) is 5.65. The summed E-state index contributed by atoms with van der Waals surface area (Å²) in [6.45, 7) is 1.50. The van der Waals surface area contributed by atoms with Gasteiger partial charge in [-0.3, -0.25) is 9.78 Å². The van der Waals surface area contributed by atoms with Crippen LogP contribution in [0.4, 0.5) is 0 Å². The smallest absolute Gasteiger partial charge is 0.217 e. The summed E-state index contributed by atoms with van der Waals surface area (Å²) in [5.74, 6) is -0.0844. The van der Waals surface area contributed by atoms with Crippen molar-refractivity contribution in [2.45, 2.75) is 13.0 Å². The van der Waals surface area contributed by atoms with Crippen LogP contribution in [0.3, 0.4) is 0 Å². The molecule has 18 heavy (non-hydrogen) atoms. The van der Waals surface area contributed by atoms with E-state index in [2.05, 4.69) is 10.3 Å². The SMILES string of the molecule is CC(=O)NC(c1ccc(Cl)cc1)c1cccnc1. The van der Waals surface area contributed by atoms with Crippen molar-refractivity contribution in [3.05, 3.63) is 64.9 Å². The minimum atomic E-state index is -0.200. The van der Waals surface area contributed by atoms with E-state index in [1.54, 1.807) is 12.4 Å². The highest BCUT2D eigenvalue weighted by Crippen LogP contribution is 2.22. The topological polar surface area (TPSA) is 42.0 Å². The number of carbonyl (C=O) groups is 1. The highest BCUT2D eigenvalue weighted by molar-refractivity contribution is 6.30. The van der Waals surface area contributed by atoms with Gasteiger partial charge in [-0.25, -0.2) is 0 Å². The van der Waals surface area contributed by atoms with Crippen LogP contribution in [0.2, 0.25) is 5.02 Å². The molecule has 92 valence electrons. The van der Waals surface area contributed by atoms with Gasteiger partial charge in [-0.2, -0.15) is 0 Å². The molecule has 1 unspecified atom stereocenters. The largest absolute Gasteiger partial charge is 0.345 e. The van der Waals surface area contributed by atoms with Gasteiger partial charge in [0.1, 0.15) is 0 Å². The lowest BCUT2D eigenvalue weighted by Crippen LogP contribution is -2.26. The number of nitrogens with one attached hydrogen (secondary N) is 1. The molecule has 0 saturated carbocycles. The maximum atomic E-state index is 11.3. The Morgan fingerprint density at radius 1 is 1.22 bits per heavy atom. The molecule has 4 heteroatoms. The number of nitrogens with zero attached hydrogens (tertiary/aromatic N) is 1. The molecular formula is C14H13ClN2O. The number of aromatic nitrogens is 1. The summed E-state index contributed by atoms with van der Waals surface area (Å²) >= 11 is 5.87. The molecule has 0 fully saturated rings. The Bertz CT molecular complexity index is 525. The van der Waals surface area contributed by atoms with Gasteiger partial charge in [0.05, 0.1) is 6.04 Å². The zero-order chi connectivity index (χ0) is 13.0. The van der Waals surface area contributed by atoms with Crippen LogP contribution in [0.15, 0.2) is 48.8 Å². The summed E-state index contributed by atoms with van der Waals surface area (Å²) in [6, 6.07) is 11.0. The molecule has 1 N–H and O–H groups in total. The van der Waals surface area contributed by atoms with Crippen molar-refractivity contribution in [1.29, 1.82) is 0 Å². The van der Waals surface area contributed by atoms with Crippen LogP contribution in [0.25, 0.3) is 0 Å². The molecule has 0 saturated heterocycles. The molecule has 2 aromatic rings. The van der Waals surface area contributed by atoms with Gasteiger partial charge in [0, 0.05) is 24.3 Å². The number of amides is 1. The lowest BCUT2D eigenvalue weighted by molar-refractivity contribution is -0.119. The van der Waals surface area contributed by atoms with E-state index in [-0.39, 0.29) is 11.9 Å². The van der Waals surface area contributed by atoms with Crippen molar-refractivity contribution in [3.8, 4) is 0 Å². The predicted molar refractivity (Wildman–Crippen MR) is 71.3 cm³/mol. The molecule has 1 aromatic carbocycles. The van der Waals surface area contributed by atoms with Gasteiger partial charge in [0.15, 0.2) is 0 Å². The number of carbonyl (C=O) groups excluding carboxylic acids is 1. The first-order chi connectivity index (χ1) is 8.66. The van der Waals surface area contributed by atoms with Crippen LogP contribution in [0, 0.1) is 0 Å². The van der Waals surface area contributed by atoms with Crippen LogP contribution < -0.4 is 5.32 Å². The van der Waals surface area contributed by atoms with Crippen LogP contribution in [-0.2, 0) is 4.79 Å². The van der Waals surface area contributed by atoms with Gasteiger partial charge in [0.25, 0.3) is 0 Å². The monoisotopic (exact) mass is 260 g/mol. The Morgan fingerprint density at radius 3 is 2.50 bits per heavy atom. The molecule has 0 aliphatic carbocycles. The van der Waals surface area contributed by atoms with Crippen molar-refractivity contribution >= 4 is 17.5 Å². The maximum Gasteiger partial charge on any atom is 0.217 e. The van der Waals surface area contributed by atoms with E-state index in [9.17, 15) is 4.79 Å². The van der Waals surface area contributed by atoms with Gasteiger partial charge in [-0.15, -0.1) is 0 Å². The number of pyridine rings is 1. The first-order valence-electron chi connectivity index (χ1n) is 5.59. The molecule has 1 aromatic heterocycles. The van der Waals surface area contributed by atoms with E-state index < -0.39 is 0 Å². The molecule has 1 heterocycles. The summed E-state index contributed by atoms with van der Waals surface area (Å²) in [7, 11) is 0. The molecule has 0 aliphatic heterocycles. The third kappa shape index (κ3) is 3.08. The van der Waals surface area contributed by atoms with Gasteiger partial charge >= 0.3 is 0 Å². The summed E-state index contributed by atoms with van der Waals surface area (Å²) in [4.78, 5) is 15.4. The minimum Gasteiger partial charge on any atom is -0.345 e. The number of hydrogen-bond donors (Lipinski definition) is 1. The lowest BCUT2D eigenvalue weighted by Gasteiger charge is -2.18. The average molecular weight is 261 g/mol. The third-order valence-corrected chi connectivity index (χ3v) is 2.82. The lowest BCUT2D eigenvalue weighted by atomic mass is 10.0. The van der Waals surface area contributed by atoms with E-state index in [1.165, 1.54) is 6.92 Å². The van der Waals surface area contributed by atoms with Crippen molar-refractivity contribution in [3.63, 3.8) is 0 Å². The van der Waals surface area contributed by atoms with E-state index in [0.717, 1.165) is 11.1 Å². The molecule has 3 nitrogen and oxygen atoms in total. The molecule has 0 radical (unpaired) electrons. The minimum absolute atomic E-state index is 0.0844. The normalized spacial score (nSPS) is 11.9. The Kier molecular flexibility index (Phi) is 3.95. The van der Waals surface area contributed by atoms with E-state index in [4.69, 9.17) is 11.6 Å². The molecule has 1 atom stereocenters. The second-order valence-corrected chi connectivity index (χ2v) is 4.41. The van der Waals surface area contributed by atoms with Crippen LogP contribution in [0.5, 0.6) is 0 Å². The molecule has 0 aliphatic rings. The fraction of sp³-hybridized carbons (Fsp3) is 0.143. The van der Waals surface area contributed by atoms with Gasteiger partial charge in [-0.05, 0) is 29.3 Å². The Morgan fingerprint density at radius 2 is 1.94 bits per heavy atom. The predicted octanol–water partition coefficient (Wildman–Crippen LogP) is 2.96. The number of halogens is 1. The number of benzene rings is 1. The van der Waals surface area contributed by atoms with Crippen LogP contribution >= 0.6 is 11.6 Å². The molecule has 0 bridgehead atoms. The molecule has 0 spiro atoms. The first kappa shape index (κ1) is 12.6. The van der Waals surface area contributed by atoms with Crippen molar-refractivity contribution in [2.24, 2.45) is 0 Å².